The van der Waals surface area contributed by atoms with Crippen LogP contribution in [0.2, 0.25) is 5.02 Å². The maximum atomic E-state index is 8.83. The zero-order chi connectivity index (χ0) is 14.7. The molecular formula is C17H11ClN2O. The Kier molecular flexibility index (Phi) is 3.72. The van der Waals surface area contributed by atoms with Crippen LogP contribution >= 0.6 is 11.6 Å². The van der Waals surface area contributed by atoms with Crippen LogP contribution in [-0.2, 0) is 6.61 Å². The number of halogens is 1. The highest BCUT2D eigenvalue weighted by Gasteiger charge is 2.03. The molecular weight excluding hydrogens is 284 g/mol. The lowest BCUT2D eigenvalue weighted by Gasteiger charge is -2.07. The van der Waals surface area contributed by atoms with Crippen LogP contribution in [0.25, 0.3) is 10.9 Å². The second kappa shape index (κ2) is 5.82. The summed E-state index contributed by atoms with van der Waals surface area (Å²) < 4.78 is 5.66. The lowest BCUT2D eigenvalue weighted by molar-refractivity contribution is 0.302. The van der Waals surface area contributed by atoms with Gasteiger partial charge in [-0.1, -0.05) is 35.9 Å². The number of para-hydroxylation sites is 1. The maximum absolute atomic E-state index is 8.83. The van der Waals surface area contributed by atoms with Gasteiger partial charge in [-0.2, -0.15) is 5.26 Å². The highest BCUT2D eigenvalue weighted by molar-refractivity contribution is 6.31. The monoisotopic (exact) mass is 294 g/mol. The molecule has 0 bridgehead atoms. The Morgan fingerprint density at radius 3 is 2.76 bits per heavy atom. The van der Waals surface area contributed by atoms with Crippen molar-refractivity contribution in [2.75, 3.05) is 0 Å². The summed E-state index contributed by atoms with van der Waals surface area (Å²) in [5.74, 6) is 0.619. The third-order valence-electron chi connectivity index (χ3n) is 3.10. The van der Waals surface area contributed by atoms with E-state index in [1.165, 1.54) is 0 Å². The predicted molar refractivity (Wildman–Crippen MR) is 82.2 cm³/mol. The van der Waals surface area contributed by atoms with Crippen molar-refractivity contribution in [3.8, 4) is 11.8 Å². The summed E-state index contributed by atoms with van der Waals surface area (Å²) in [6.07, 6.45) is 0. The standard InChI is InChI=1S/C17H11ClN2O/c18-16-9-15(8-6-13(16)10-19)21-11-14-7-5-12-3-1-2-4-17(12)20-14/h1-9H,11H2. The quantitative estimate of drug-likeness (QED) is 0.722. The van der Waals surface area contributed by atoms with Gasteiger partial charge in [-0.25, -0.2) is 4.98 Å². The van der Waals surface area contributed by atoms with E-state index in [4.69, 9.17) is 21.6 Å². The van der Waals surface area contributed by atoms with E-state index in [9.17, 15) is 0 Å². The van der Waals surface area contributed by atoms with Crippen molar-refractivity contribution in [3.63, 3.8) is 0 Å². The van der Waals surface area contributed by atoms with Gasteiger partial charge in [0.25, 0.3) is 0 Å². The second-order valence-corrected chi connectivity index (χ2v) is 4.94. The van der Waals surface area contributed by atoms with Crippen molar-refractivity contribution in [1.29, 1.82) is 5.26 Å². The average Bonchev–Trinajstić information content (AvgIpc) is 2.53. The SMILES string of the molecule is N#Cc1ccc(OCc2ccc3ccccc3n2)cc1Cl. The van der Waals surface area contributed by atoms with Gasteiger partial charge in [-0.05, 0) is 24.3 Å². The molecule has 3 nitrogen and oxygen atoms in total. The minimum Gasteiger partial charge on any atom is -0.487 e. The van der Waals surface area contributed by atoms with E-state index in [1.807, 2.05) is 42.5 Å². The molecule has 0 aliphatic carbocycles. The molecule has 0 N–H and O–H groups in total. The summed E-state index contributed by atoms with van der Waals surface area (Å²) in [5.41, 5.74) is 2.22. The van der Waals surface area contributed by atoms with Crippen LogP contribution in [0.3, 0.4) is 0 Å². The molecule has 0 saturated carbocycles. The van der Waals surface area contributed by atoms with Gasteiger partial charge in [-0.15, -0.1) is 0 Å². The summed E-state index contributed by atoms with van der Waals surface area (Å²) in [6, 6.07) is 18.9. The van der Waals surface area contributed by atoms with E-state index >= 15 is 0 Å². The van der Waals surface area contributed by atoms with Crippen LogP contribution in [0, 0.1) is 11.3 Å². The van der Waals surface area contributed by atoms with Gasteiger partial charge in [-0.3, -0.25) is 0 Å². The highest BCUT2D eigenvalue weighted by atomic mass is 35.5. The number of nitrogens with zero attached hydrogens (tertiary/aromatic N) is 2. The molecule has 0 fully saturated rings. The minimum absolute atomic E-state index is 0.354. The molecule has 0 saturated heterocycles. The van der Waals surface area contributed by atoms with Gasteiger partial charge in [0.15, 0.2) is 0 Å². The number of rotatable bonds is 3. The Hall–Kier alpha value is -2.57. The highest BCUT2D eigenvalue weighted by Crippen LogP contribution is 2.22. The van der Waals surface area contributed by atoms with Crippen LogP contribution in [0.1, 0.15) is 11.3 Å². The summed E-state index contributed by atoms with van der Waals surface area (Å²) in [4.78, 5) is 4.54. The first-order chi connectivity index (χ1) is 10.3. The van der Waals surface area contributed by atoms with Crippen molar-refractivity contribution in [2.45, 2.75) is 6.61 Å². The number of fused-ring (bicyclic) bond motifs is 1. The first-order valence-electron chi connectivity index (χ1n) is 6.43. The largest absolute Gasteiger partial charge is 0.487 e. The lowest BCUT2D eigenvalue weighted by atomic mass is 10.2. The molecule has 4 heteroatoms. The van der Waals surface area contributed by atoms with Crippen LogP contribution in [0.5, 0.6) is 5.75 Å². The number of hydrogen-bond acceptors (Lipinski definition) is 3. The van der Waals surface area contributed by atoms with E-state index in [2.05, 4.69) is 4.98 Å². The van der Waals surface area contributed by atoms with Crippen LogP contribution in [-0.4, -0.2) is 4.98 Å². The molecule has 0 radical (unpaired) electrons. The Morgan fingerprint density at radius 2 is 1.95 bits per heavy atom. The molecule has 3 rings (SSSR count). The first-order valence-corrected chi connectivity index (χ1v) is 6.81. The van der Waals surface area contributed by atoms with E-state index in [-0.39, 0.29) is 0 Å². The van der Waals surface area contributed by atoms with Gasteiger partial charge in [0.05, 0.1) is 21.8 Å². The van der Waals surface area contributed by atoms with Gasteiger partial charge in [0, 0.05) is 11.5 Å². The zero-order valence-electron chi connectivity index (χ0n) is 11.1. The molecule has 1 heterocycles. The molecule has 0 aliphatic heterocycles. The average molecular weight is 295 g/mol. The third-order valence-corrected chi connectivity index (χ3v) is 3.42. The molecule has 0 spiro atoms. The summed E-state index contributed by atoms with van der Waals surface area (Å²) >= 11 is 5.97. The molecule has 0 aliphatic rings. The van der Waals surface area contributed by atoms with E-state index in [0.717, 1.165) is 16.6 Å². The number of hydrogen-bond donors (Lipinski definition) is 0. The van der Waals surface area contributed by atoms with E-state index < -0.39 is 0 Å². The van der Waals surface area contributed by atoms with Crippen molar-refractivity contribution in [1.82, 2.24) is 4.98 Å². The first kappa shape index (κ1) is 13.4. The van der Waals surface area contributed by atoms with Crippen LogP contribution in [0.15, 0.2) is 54.6 Å². The van der Waals surface area contributed by atoms with E-state index in [1.54, 1.807) is 18.2 Å². The Bertz CT molecular complexity index is 840. The molecule has 0 atom stereocenters. The van der Waals surface area contributed by atoms with Crippen LogP contribution < -0.4 is 4.74 Å². The molecule has 1 aromatic heterocycles. The minimum atomic E-state index is 0.354. The molecule has 21 heavy (non-hydrogen) atoms. The molecule has 102 valence electrons. The lowest BCUT2D eigenvalue weighted by Crippen LogP contribution is -1.98. The van der Waals surface area contributed by atoms with Gasteiger partial charge in [0.2, 0.25) is 0 Å². The fourth-order valence-electron chi connectivity index (χ4n) is 2.02. The van der Waals surface area contributed by atoms with Gasteiger partial charge >= 0.3 is 0 Å². The van der Waals surface area contributed by atoms with Crippen molar-refractivity contribution in [2.24, 2.45) is 0 Å². The van der Waals surface area contributed by atoms with Gasteiger partial charge in [0.1, 0.15) is 18.4 Å². The van der Waals surface area contributed by atoms with Crippen LogP contribution in [0.4, 0.5) is 0 Å². The third kappa shape index (κ3) is 2.96. The molecule has 0 amide bonds. The fraction of sp³-hybridized carbons (Fsp3) is 0.0588. The number of aromatic nitrogens is 1. The Morgan fingerprint density at radius 1 is 1.10 bits per heavy atom. The van der Waals surface area contributed by atoms with E-state index in [0.29, 0.717) is 22.9 Å². The summed E-state index contributed by atoms with van der Waals surface area (Å²) in [6.45, 7) is 0.354. The Labute approximate surface area is 127 Å². The second-order valence-electron chi connectivity index (χ2n) is 4.54. The smallest absolute Gasteiger partial charge is 0.130 e. The summed E-state index contributed by atoms with van der Waals surface area (Å²) in [7, 11) is 0. The number of nitriles is 1. The van der Waals surface area contributed by atoms with Crippen molar-refractivity contribution < 1.29 is 4.74 Å². The van der Waals surface area contributed by atoms with Crippen molar-refractivity contribution >= 4 is 22.5 Å². The topological polar surface area (TPSA) is 45.9 Å². The molecule has 3 aromatic rings. The maximum Gasteiger partial charge on any atom is 0.130 e. The number of benzene rings is 2. The summed E-state index contributed by atoms with van der Waals surface area (Å²) in [5, 5.41) is 10.3. The molecule has 2 aromatic carbocycles. The zero-order valence-corrected chi connectivity index (χ0v) is 11.8. The van der Waals surface area contributed by atoms with Gasteiger partial charge < -0.3 is 4.74 Å². The Balaban J connectivity index is 1.77. The van der Waals surface area contributed by atoms with Crippen molar-refractivity contribution in [3.05, 3.63) is 70.9 Å². The number of pyridine rings is 1. The predicted octanol–water partition coefficient (Wildman–Crippen LogP) is 4.34. The molecule has 0 unspecified atom stereocenters. The fourth-order valence-corrected chi connectivity index (χ4v) is 2.23. The number of ether oxygens (including phenoxy) is 1. The normalized spacial score (nSPS) is 10.3.